The van der Waals surface area contributed by atoms with Crippen LogP contribution in [0, 0.1) is 0 Å². The van der Waals surface area contributed by atoms with Gasteiger partial charge in [0.2, 0.25) is 0 Å². The van der Waals surface area contributed by atoms with Crippen LogP contribution in [-0.2, 0) is 0 Å². The van der Waals surface area contributed by atoms with E-state index in [4.69, 9.17) is 4.43 Å². The summed E-state index contributed by atoms with van der Waals surface area (Å²) in [5, 5.41) is 2.55. The predicted octanol–water partition coefficient (Wildman–Crippen LogP) is 5.39. The molecule has 1 nitrogen and oxygen atoms in total. The first kappa shape index (κ1) is 18.0. The van der Waals surface area contributed by atoms with E-state index in [1.807, 2.05) is 24.3 Å². The van der Waals surface area contributed by atoms with Gasteiger partial charge in [-0.05, 0) is 39.7 Å². The zero-order chi connectivity index (χ0) is 17.9. The van der Waals surface area contributed by atoms with Crippen molar-refractivity contribution in [3.8, 4) is 5.75 Å². The van der Waals surface area contributed by atoms with E-state index in [0.29, 0.717) is 0 Å². The first-order valence-electron chi connectivity index (χ1n) is 8.49. The van der Waals surface area contributed by atoms with Gasteiger partial charge in [0.15, 0.2) is 0 Å². The van der Waals surface area contributed by atoms with E-state index in [1.165, 1.54) is 10.4 Å². The highest BCUT2D eigenvalue weighted by molar-refractivity contribution is 9.10. The fraction of sp³-hybridized carbons (Fsp3) is 0.182. The molecular formula is C22H23BrOSi. The Bertz CT molecular complexity index is 769. The molecule has 0 aliphatic rings. The standard InChI is InChI=1S/C22H23BrOSi/c1-22(2,3)25(20-10-6-4-7-11-20,21-12-8-5-9-13-21)24-19-16-14-18(23)15-17-19/h4-17H,1-3H3. The molecule has 0 heterocycles. The molecule has 0 bridgehead atoms. The Balaban J connectivity index is 2.23. The maximum atomic E-state index is 6.91. The molecule has 0 aliphatic heterocycles. The lowest BCUT2D eigenvalue weighted by Crippen LogP contribution is -2.68. The summed E-state index contributed by atoms with van der Waals surface area (Å²) in [5.41, 5.74) is 0. The van der Waals surface area contributed by atoms with Crippen LogP contribution in [-0.4, -0.2) is 8.32 Å². The van der Waals surface area contributed by atoms with Gasteiger partial charge in [-0.1, -0.05) is 97.4 Å². The van der Waals surface area contributed by atoms with Crippen LogP contribution >= 0.6 is 15.9 Å². The van der Waals surface area contributed by atoms with Crippen molar-refractivity contribution in [1.82, 2.24) is 0 Å². The zero-order valence-electron chi connectivity index (χ0n) is 14.9. The monoisotopic (exact) mass is 410 g/mol. The maximum absolute atomic E-state index is 6.91. The summed E-state index contributed by atoms with van der Waals surface area (Å²) in [7, 11) is -2.52. The van der Waals surface area contributed by atoms with E-state index in [1.54, 1.807) is 0 Å². The zero-order valence-corrected chi connectivity index (χ0v) is 17.5. The van der Waals surface area contributed by atoms with Crippen LogP contribution in [0.2, 0.25) is 5.04 Å². The third kappa shape index (κ3) is 3.58. The molecule has 0 amide bonds. The molecule has 3 rings (SSSR count). The fourth-order valence-corrected chi connectivity index (χ4v) is 8.01. The number of hydrogen-bond acceptors (Lipinski definition) is 1. The van der Waals surface area contributed by atoms with Crippen LogP contribution in [0.3, 0.4) is 0 Å². The molecule has 0 saturated carbocycles. The Hall–Kier alpha value is -1.84. The second-order valence-corrected chi connectivity index (χ2v) is 12.4. The summed E-state index contributed by atoms with van der Waals surface area (Å²) in [5.74, 6) is 0.914. The molecule has 0 N–H and O–H groups in total. The van der Waals surface area contributed by atoms with Gasteiger partial charge in [0.25, 0.3) is 0 Å². The van der Waals surface area contributed by atoms with Gasteiger partial charge in [-0.2, -0.15) is 0 Å². The summed E-state index contributed by atoms with van der Waals surface area (Å²) in [6.07, 6.45) is 0. The van der Waals surface area contributed by atoms with Crippen LogP contribution in [0.1, 0.15) is 20.8 Å². The normalized spacial score (nSPS) is 12.0. The highest BCUT2D eigenvalue weighted by atomic mass is 79.9. The molecule has 3 heteroatoms. The number of benzene rings is 3. The van der Waals surface area contributed by atoms with Crippen LogP contribution in [0.25, 0.3) is 0 Å². The van der Waals surface area contributed by atoms with Crippen molar-refractivity contribution < 1.29 is 4.43 Å². The fourth-order valence-electron chi connectivity index (χ4n) is 3.33. The van der Waals surface area contributed by atoms with Gasteiger partial charge in [0.1, 0.15) is 5.75 Å². The van der Waals surface area contributed by atoms with Gasteiger partial charge in [-0.3, -0.25) is 0 Å². The average molecular weight is 411 g/mol. The molecular weight excluding hydrogens is 388 g/mol. The van der Waals surface area contributed by atoms with Crippen molar-refractivity contribution in [2.45, 2.75) is 25.8 Å². The highest BCUT2D eigenvalue weighted by Gasteiger charge is 2.52. The molecule has 0 spiro atoms. The molecule has 25 heavy (non-hydrogen) atoms. The Morgan fingerprint density at radius 2 is 1.12 bits per heavy atom. The van der Waals surface area contributed by atoms with Gasteiger partial charge in [-0.15, -0.1) is 0 Å². The molecule has 0 saturated heterocycles. The number of halogens is 1. The molecule has 3 aromatic carbocycles. The van der Waals surface area contributed by atoms with Crippen molar-refractivity contribution in [1.29, 1.82) is 0 Å². The Morgan fingerprint density at radius 1 is 0.680 bits per heavy atom. The highest BCUT2D eigenvalue weighted by Crippen LogP contribution is 2.37. The summed E-state index contributed by atoms with van der Waals surface area (Å²) >= 11 is 3.51. The van der Waals surface area contributed by atoms with Crippen molar-refractivity contribution in [2.24, 2.45) is 0 Å². The van der Waals surface area contributed by atoms with Gasteiger partial charge < -0.3 is 4.43 Å². The molecule has 0 atom stereocenters. The lowest BCUT2D eigenvalue weighted by molar-refractivity contribution is 0.508. The number of rotatable bonds is 4. The second kappa shape index (κ2) is 7.18. The summed E-state index contributed by atoms with van der Waals surface area (Å²) in [4.78, 5) is 0. The average Bonchev–Trinajstić information content (AvgIpc) is 2.62. The van der Waals surface area contributed by atoms with Crippen molar-refractivity contribution in [3.05, 3.63) is 89.4 Å². The largest absolute Gasteiger partial charge is 0.534 e. The van der Waals surface area contributed by atoms with E-state index in [9.17, 15) is 0 Å². The summed E-state index contributed by atoms with van der Waals surface area (Å²) in [6.45, 7) is 6.87. The lowest BCUT2D eigenvalue weighted by Gasteiger charge is -2.43. The molecule has 0 aliphatic carbocycles. The molecule has 3 aromatic rings. The van der Waals surface area contributed by atoms with Crippen molar-refractivity contribution in [2.75, 3.05) is 0 Å². The van der Waals surface area contributed by atoms with E-state index in [2.05, 4.69) is 97.4 Å². The van der Waals surface area contributed by atoms with E-state index >= 15 is 0 Å². The first-order chi connectivity index (χ1) is 11.9. The lowest BCUT2D eigenvalue weighted by atomic mass is 10.2. The predicted molar refractivity (Wildman–Crippen MR) is 112 cm³/mol. The van der Waals surface area contributed by atoms with E-state index in [-0.39, 0.29) is 5.04 Å². The molecule has 128 valence electrons. The van der Waals surface area contributed by atoms with Gasteiger partial charge in [0, 0.05) is 4.47 Å². The molecule has 0 radical (unpaired) electrons. The quantitative estimate of drug-likeness (QED) is 0.523. The minimum atomic E-state index is -2.52. The van der Waals surface area contributed by atoms with Crippen LogP contribution in [0.15, 0.2) is 89.4 Å². The van der Waals surface area contributed by atoms with Gasteiger partial charge in [0.05, 0.1) is 0 Å². The number of hydrogen-bond donors (Lipinski definition) is 0. The SMILES string of the molecule is CC(C)(C)[Si](Oc1ccc(Br)cc1)(c1ccccc1)c1ccccc1. The smallest absolute Gasteiger partial charge is 0.319 e. The Morgan fingerprint density at radius 3 is 1.52 bits per heavy atom. The van der Waals surface area contributed by atoms with Crippen LogP contribution < -0.4 is 14.8 Å². The second-order valence-electron chi connectivity index (χ2n) is 7.22. The minimum Gasteiger partial charge on any atom is -0.534 e. The first-order valence-corrected chi connectivity index (χ1v) is 11.2. The molecule has 0 aromatic heterocycles. The van der Waals surface area contributed by atoms with E-state index in [0.717, 1.165) is 10.2 Å². The summed E-state index contributed by atoms with van der Waals surface area (Å²) in [6, 6.07) is 29.6. The minimum absolute atomic E-state index is 0.0250. The van der Waals surface area contributed by atoms with Gasteiger partial charge in [-0.25, -0.2) is 0 Å². The molecule has 0 unspecified atom stereocenters. The summed E-state index contributed by atoms with van der Waals surface area (Å²) < 4.78 is 7.97. The Labute approximate surface area is 159 Å². The van der Waals surface area contributed by atoms with Crippen LogP contribution in [0.4, 0.5) is 0 Å². The third-order valence-corrected chi connectivity index (χ3v) is 9.98. The van der Waals surface area contributed by atoms with Crippen molar-refractivity contribution in [3.63, 3.8) is 0 Å². The third-order valence-electron chi connectivity index (χ3n) is 4.50. The molecule has 0 fully saturated rings. The maximum Gasteiger partial charge on any atom is 0.319 e. The van der Waals surface area contributed by atoms with Gasteiger partial charge >= 0.3 is 8.32 Å². The van der Waals surface area contributed by atoms with E-state index < -0.39 is 8.32 Å². The Kier molecular flexibility index (Phi) is 5.16. The van der Waals surface area contributed by atoms with Crippen LogP contribution in [0.5, 0.6) is 5.75 Å². The topological polar surface area (TPSA) is 9.23 Å². The van der Waals surface area contributed by atoms with Crippen molar-refractivity contribution >= 4 is 34.6 Å².